The number of nitrogens with one attached hydrogen (secondary N) is 1. The van der Waals surface area contributed by atoms with Gasteiger partial charge in [-0.05, 0) is 31.0 Å². The summed E-state index contributed by atoms with van der Waals surface area (Å²) in [5.74, 6) is 0.230. The van der Waals surface area contributed by atoms with Crippen molar-refractivity contribution in [3.8, 4) is 5.75 Å². The number of amides is 1. The zero-order valence-electron chi connectivity index (χ0n) is 11.7. The van der Waals surface area contributed by atoms with Crippen LogP contribution in [0.1, 0.15) is 12.0 Å². The summed E-state index contributed by atoms with van der Waals surface area (Å²) in [4.78, 5) is 11.6. The second-order valence-corrected chi connectivity index (χ2v) is 4.88. The number of rotatable bonds is 8. The van der Waals surface area contributed by atoms with Crippen LogP contribution in [0.3, 0.4) is 0 Å². The highest BCUT2D eigenvalue weighted by atomic mass is 35.5. The summed E-state index contributed by atoms with van der Waals surface area (Å²) in [5.41, 5.74) is 1.01. The minimum absolute atomic E-state index is 0.108. The fraction of sp³-hybridized carbons (Fsp3) is 0.500. The van der Waals surface area contributed by atoms with Crippen molar-refractivity contribution in [3.63, 3.8) is 0 Å². The molecule has 6 heteroatoms. The molecule has 0 saturated heterocycles. The molecular formula is C14H20ClNO4. The molecule has 0 aliphatic heterocycles. The first-order valence-electron chi connectivity index (χ1n) is 6.35. The Morgan fingerprint density at radius 1 is 1.50 bits per heavy atom. The van der Waals surface area contributed by atoms with E-state index >= 15 is 0 Å². The number of aliphatic hydroxyl groups excluding tert-OH is 1. The first kappa shape index (κ1) is 16.8. The molecule has 2 N–H and O–H groups in total. The number of aryl methyl sites for hydroxylation is 1. The molecule has 1 aromatic carbocycles. The molecule has 0 fully saturated rings. The summed E-state index contributed by atoms with van der Waals surface area (Å²) < 4.78 is 10.1. The number of carbonyl (C=O) groups excluding carboxylic acids is 1. The average Bonchev–Trinajstić information content (AvgIpc) is 2.40. The van der Waals surface area contributed by atoms with E-state index in [2.05, 4.69) is 5.32 Å². The maximum atomic E-state index is 11.6. The number of halogens is 1. The highest BCUT2D eigenvalue weighted by Gasteiger charge is 2.07. The second-order valence-electron chi connectivity index (χ2n) is 4.47. The van der Waals surface area contributed by atoms with Crippen molar-refractivity contribution in [2.24, 2.45) is 0 Å². The van der Waals surface area contributed by atoms with Crippen molar-refractivity contribution < 1.29 is 19.4 Å². The van der Waals surface area contributed by atoms with Gasteiger partial charge in [-0.25, -0.2) is 0 Å². The number of aliphatic hydroxyl groups is 1. The van der Waals surface area contributed by atoms with Gasteiger partial charge in [-0.15, -0.1) is 0 Å². The molecule has 0 aliphatic rings. The monoisotopic (exact) mass is 301 g/mol. The van der Waals surface area contributed by atoms with E-state index < -0.39 is 6.10 Å². The van der Waals surface area contributed by atoms with E-state index in [9.17, 15) is 9.90 Å². The third-order valence-electron chi connectivity index (χ3n) is 2.60. The van der Waals surface area contributed by atoms with Crippen LogP contribution in [0.2, 0.25) is 5.02 Å². The van der Waals surface area contributed by atoms with Gasteiger partial charge in [-0.1, -0.05) is 17.7 Å². The van der Waals surface area contributed by atoms with Crippen LogP contribution in [0, 0.1) is 6.92 Å². The molecule has 1 rings (SSSR count). The molecule has 0 radical (unpaired) electrons. The van der Waals surface area contributed by atoms with Crippen molar-refractivity contribution >= 4 is 17.5 Å². The minimum Gasteiger partial charge on any atom is -0.482 e. The molecule has 1 amide bonds. The Hall–Kier alpha value is -1.30. The van der Waals surface area contributed by atoms with Crippen molar-refractivity contribution in [2.45, 2.75) is 19.4 Å². The van der Waals surface area contributed by atoms with Crippen LogP contribution < -0.4 is 10.1 Å². The van der Waals surface area contributed by atoms with Crippen LogP contribution in [0.25, 0.3) is 0 Å². The average molecular weight is 302 g/mol. The Balaban J connectivity index is 2.28. The Morgan fingerprint density at radius 3 is 2.95 bits per heavy atom. The predicted octanol–water partition coefficient (Wildman–Crippen LogP) is 1.54. The van der Waals surface area contributed by atoms with Crippen LogP contribution in [0.5, 0.6) is 5.75 Å². The summed E-state index contributed by atoms with van der Waals surface area (Å²) >= 11 is 5.96. The Bertz CT molecular complexity index is 439. The van der Waals surface area contributed by atoms with E-state index in [1.165, 1.54) is 7.11 Å². The lowest BCUT2D eigenvalue weighted by molar-refractivity contribution is -0.123. The summed E-state index contributed by atoms with van der Waals surface area (Å²) in [7, 11) is 1.52. The number of hydrogen-bond donors (Lipinski definition) is 2. The van der Waals surface area contributed by atoms with Crippen LogP contribution in [-0.4, -0.2) is 44.0 Å². The lowest BCUT2D eigenvalue weighted by Gasteiger charge is -2.11. The number of hydrogen-bond acceptors (Lipinski definition) is 4. The Labute approximate surface area is 123 Å². The zero-order valence-corrected chi connectivity index (χ0v) is 12.4. The molecule has 0 aromatic heterocycles. The third-order valence-corrected chi connectivity index (χ3v) is 2.92. The summed E-state index contributed by atoms with van der Waals surface area (Å²) in [6, 6.07) is 5.37. The van der Waals surface area contributed by atoms with Gasteiger partial charge in [0.25, 0.3) is 5.91 Å². The zero-order chi connectivity index (χ0) is 15.0. The van der Waals surface area contributed by atoms with Crippen molar-refractivity contribution in [1.82, 2.24) is 5.32 Å². The van der Waals surface area contributed by atoms with E-state index in [1.807, 2.05) is 13.0 Å². The SMILES string of the molecule is COCC(O)CCNC(=O)COc1cc(C)ccc1Cl. The molecule has 0 aliphatic carbocycles. The quantitative estimate of drug-likeness (QED) is 0.764. The largest absolute Gasteiger partial charge is 0.482 e. The summed E-state index contributed by atoms with van der Waals surface area (Å²) in [6.07, 6.45) is -0.141. The van der Waals surface area contributed by atoms with Gasteiger partial charge >= 0.3 is 0 Å². The van der Waals surface area contributed by atoms with Gasteiger partial charge in [0.05, 0.1) is 17.7 Å². The molecule has 0 bridgehead atoms. The summed E-state index contributed by atoms with van der Waals surface area (Å²) in [5, 5.41) is 12.5. The van der Waals surface area contributed by atoms with Crippen molar-refractivity contribution in [1.29, 1.82) is 0 Å². The van der Waals surface area contributed by atoms with Crippen LogP contribution in [-0.2, 0) is 9.53 Å². The molecule has 1 unspecified atom stereocenters. The fourth-order valence-corrected chi connectivity index (χ4v) is 1.74. The minimum atomic E-state index is -0.576. The van der Waals surface area contributed by atoms with E-state index in [0.717, 1.165) is 5.56 Å². The molecule has 20 heavy (non-hydrogen) atoms. The number of carbonyl (C=O) groups is 1. The van der Waals surface area contributed by atoms with Gasteiger partial charge in [0.15, 0.2) is 6.61 Å². The lowest BCUT2D eigenvalue weighted by atomic mass is 10.2. The van der Waals surface area contributed by atoms with E-state index in [-0.39, 0.29) is 19.1 Å². The fourth-order valence-electron chi connectivity index (χ4n) is 1.57. The number of benzene rings is 1. The molecule has 1 atom stereocenters. The topological polar surface area (TPSA) is 67.8 Å². The number of methoxy groups -OCH3 is 1. The highest BCUT2D eigenvalue weighted by molar-refractivity contribution is 6.32. The lowest BCUT2D eigenvalue weighted by Crippen LogP contribution is -2.32. The molecule has 112 valence electrons. The predicted molar refractivity (Wildman–Crippen MR) is 77.2 cm³/mol. The highest BCUT2D eigenvalue weighted by Crippen LogP contribution is 2.24. The number of ether oxygens (including phenoxy) is 2. The normalized spacial score (nSPS) is 12.0. The Morgan fingerprint density at radius 2 is 2.25 bits per heavy atom. The summed E-state index contributed by atoms with van der Waals surface area (Å²) in [6.45, 7) is 2.43. The van der Waals surface area contributed by atoms with Gasteiger partial charge in [-0.2, -0.15) is 0 Å². The van der Waals surface area contributed by atoms with Gasteiger partial charge in [0.2, 0.25) is 0 Å². The molecule has 1 aromatic rings. The van der Waals surface area contributed by atoms with E-state index in [4.69, 9.17) is 21.1 Å². The van der Waals surface area contributed by atoms with Crippen LogP contribution in [0.15, 0.2) is 18.2 Å². The van der Waals surface area contributed by atoms with Gasteiger partial charge in [0.1, 0.15) is 5.75 Å². The van der Waals surface area contributed by atoms with Crippen LogP contribution in [0.4, 0.5) is 0 Å². The first-order valence-corrected chi connectivity index (χ1v) is 6.73. The van der Waals surface area contributed by atoms with Gasteiger partial charge < -0.3 is 19.9 Å². The van der Waals surface area contributed by atoms with E-state index in [0.29, 0.717) is 23.7 Å². The van der Waals surface area contributed by atoms with E-state index in [1.54, 1.807) is 12.1 Å². The maximum absolute atomic E-state index is 11.6. The smallest absolute Gasteiger partial charge is 0.257 e. The van der Waals surface area contributed by atoms with Gasteiger partial charge in [0, 0.05) is 13.7 Å². The molecule has 0 spiro atoms. The molecule has 0 saturated carbocycles. The second kappa shape index (κ2) is 8.79. The first-order chi connectivity index (χ1) is 9.52. The van der Waals surface area contributed by atoms with Crippen molar-refractivity contribution in [3.05, 3.63) is 28.8 Å². The molecular weight excluding hydrogens is 282 g/mol. The third kappa shape index (κ3) is 6.23. The van der Waals surface area contributed by atoms with Crippen molar-refractivity contribution in [2.75, 3.05) is 26.9 Å². The standard InChI is InChI=1S/C14H20ClNO4/c1-10-3-4-12(15)13(7-10)20-9-14(18)16-6-5-11(17)8-19-2/h3-4,7,11,17H,5-6,8-9H2,1-2H3,(H,16,18). The Kier molecular flexibility index (Phi) is 7.36. The molecule has 0 heterocycles. The van der Waals surface area contributed by atoms with Crippen LogP contribution >= 0.6 is 11.6 Å². The molecule has 5 nitrogen and oxygen atoms in total. The van der Waals surface area contributed by atoms with Gasteiger partial charge in [-0.3, -0.25) is 4.79 Å². The maximum Gasteiger partial charge on any atom is 0.257 e.